The van der Waals surface area contributed by atoms with Crippen LogP contribution in [0.25, 0.3) is 5.65 Å². The zero-order chi connectivity index (χ0) is 20.4. The van der Waals surface area contributed by atoms with Crippen LogP contribution in [0.2, 0.25) is 0 Å². The van der Waals surface area contributed by atoms with Gasteiger partial charge in [0.05, 0.1) is 11.4 Å². The van der Waals surface area contributed by atoms with Crippen LogP contribution in [0.3, 0.4) is 0 Å². The summed E-state index contributed by atoms with van der Waals surface area (Å²) in [5, 5.41) is 11.0. The Morgan fingerprint density at radius 1 is 1.14 bits per heavy atom. The Kier molecular flexibility index (Phi) is 5.66. The Labute approximate surface area is 177 Å². The summed E-state index contributed by atoms with van der Waals surface area (Å²) in [5.41, 5.74) is 0.689. The molecule has 4 rings (SSSR count). The number of carbonyl (C=O) groups is 1. The number of benzene rings is 1. The van der Waals surface area contributed by atoms with Crippen LogP contribution < -0.4 is 5.32 Å². The van der Waals surface area contributed by atoms with Gasteiger partial charge in [-0.15, -0.1) is 10.2 Å². The molecule has 0 saturated carbocycles. The number of nitrogens with zero attached hydrogens (tertiary/aromatic N) is 4. The van der Waals surface area contributed by atoms with E-state index < -0.39 is 16.1 Å². The lowest BCUT2D eigenvalue weighted by Gasteiger charge is -2.33. The lowest BCUT2D eigenvalue weighted by atomic mass is 10.0. The monoisotopic (exact) mass is 477 g/mol. The molecule has 0 spiro atoms. The van der Waals surface area contributed by atoms with Gasteiger partial charge in [-0.25, -0.2) is 8.42 Å². The van der Waals surface area contributed by atoms with Crippen molar-refractivity contribution in [2.45, 2.75) is 36.7 Å². The molecular formula is C19H20BrN5O3S. The first kappa shape index (κ1) is 20.0. The summed E-state index contributed by atoms with van der Waals surface area (Å²) >= 11 is 3.31. The normalized spacial score (nSPS) is 18.0. The SMILES string of the molecule is O=C(NCc1nnc2ccccn12)[C@@H]1CCCCN1S(=O)(=O)c1ccc(Br)cc1. The molecule has 2 aromatic heterocycles. The molecule has 1 saturated heterocycles. The van der Waals surface area contributed by atoms with E-state index >= 15 is 0 Å². The molecule has 0 unspecified atom stereocenters. The van der Waals surface area contributed by atoms with Crippen molar-refractivity contribution in [1.29, 1.82) is 0 Å². The van der Waals surface area contributed by atoms with Crippen LogP contribution >= 0.6 is 15.9 Å². The molecule has 3 aromatic rings. The first-order valence-corrected chi connectivity index (χ1v) is 11.5. The van der Waals surface area contributed by atoms with Crippen molar-refractivity contribution in [2.75, 3.05) is 6.54 Å². The maximum atomic E-state index is 13.1. The average molecular weight is 478 g/mol. The molecule has 152 valence electrons. The van der Waals surface area contributed by atoms with Gasteiger partial charge in [0.15, 0.2) is 11.5 Å². The number of rotatable bonds is 5. The summed E-state index contributed by atoms with van der Waals surface area (Å²) in [4.78, 5) is 13.1. The van der Waals surface area contributed by atoms with Gasteiger partial charge >= 0.3 is 0 Å². The fraction of sp³-hybridized carbons (Fsp3) is 0.316. The van der Waals surface area contributed by atoms with E-state index in [4.69, 9.17) is 0 Å². The van der Waals surface area contributed by atoms with Crippen LogP contribution in [-0.4, -0.2) is 45.8 Å². The molecule has 1 atom stereocenters. The second-order valence-electron chi connectivity index (χ2n) is 6.84. The Balaban J connectivity index is 1.52. The average Bonchev–Trinajstić information content (AvgIpc) is 3.15. The molecule has 1 aliphatic rings. The molecule has 3 heterocycles. The molecule has 1 N–H and O–H groups in total. The number of pyridine rings is 1. The first-order chi connectivity index (χ1) is 14.0. The third kappa shape index (κ3) is 4.05. The molecule has 10 heteroatoms. The van der Waals surface area contributed by atoms with Gasteiger partial charge < -0.3 is 5.32 Å². The van der Waals surface area contributed by atoms with Gasteiger partial charge in [0.2, 0.25) is 15.9 Å². The van der Waals surface area contributed by atoms with E-state index in [0.717, 1.165) is 17.3 Å². The Bertz CT molecular complexity index is 1130. The number of carbonyl (C=O) groups excluding carboxylic acids is 1. The molecule has 29 heavy (non-hydrogen) atoms. The van der Waals surface area contributed by atoms with Gasteiger partial charge in [0, 0.05) is 17.2 Å². The maximum absolute atomic E-state index is 13.1. The highest BCUT2D eigenvalue weighted by atomic mass is 79.9. The van der Waals surface area contributed by atoms with Crippen LogP contribution in [0.15, 0.2) is 58.0 Å². The fourth-order valence-electron chi connectivity index (χ4n) is 3.49. The number of amides is 1. The van der Waals surface area contributed by atoms with Crippen molar-refractivity contribution < 1.29 is 13.2 Å². The lowest BCUT2D eigenvalue weighted by molar-refractivity contribution is -0.125. The quantitative estimate of drug-likeness (QED) is 0.608. The van der Waals surface area contributed by atoms with Crippen LogP contribution in [0.1, 0.15) is 25.1 Å². The van der Waals surface area contributed by atoms with Crippen molar-refractivity contribution in [2.24, 2.45) is 0 Å². The van der Waals surface area contributed by atoms with Crippen LogP contribution in [0.5, 0.6) is 0 Å². The summed E-state index contributed by atoms with van der Waals surface area (Å²) in [6.45, 7) is 0.497. The van der Waals surface area contributed by atoms with Crippen molar-refractivity contribution in [1.82, 2.24) is 24.2 Å². The molecule has 8 nitrogen and oxygen atoms in total. The zero-order valence-corrected chi connectivity index (χ0v) is 17.9. The number of fused-ring (bicyclic) bond motifs is 1. The smallest absolute Gasteiger partial charge is 0.243 e. The topological polar surface area (TPSA) is 96.7 Å². The highest BCUT2D eigenvalue weighted by Crippen LogP contribution is 2.26. The Morgan fingerprint density at radius 3 is 2.72 bits per heavy atom. The number of aromatic nitrogens is 3. The molecule has 1 fully saturated rings. The summed E-state index contributed by atoms with van der Waals surface area (Å²) in [7, 11) is -3.76. The third-order valence-electron chi connectivity index (χ3n) is 4.98. The van der Waals surface area contributed by atoms with E-state index in [1.54, 1.807) is 28.7 Å². The second kappa shape index (κ2) is 8.21. The minimum atomic E-state index is -3.76. The lowest BCUT2D eigenvalue weighted by Crippen LogP contribution is -2.51. The first-order valence-electron chi connectivity index (χ1n) is 9.30. The third-order valence-corrected chi connectivity index (χ3v) is 7.43. The van der Waals surface area contributed by atoms with Gasteiger partial charge in [-0.05, 0) is 49.2 Å². The molecule has 1 amide bonds. The van der Waals surface area contributed by atoms with E-state index in [1.807, 2.05) is 24.4 Å². The van der Waals surface area contributed by atoms with Crippen LogP contribution in [0.4, 0.5) is 0 Å². The van der Waals surface area contributed by atoms with E-state index in [1.165, 1.54) is 4.31 Å². The van der Waals surface area contributed by atoms with Crippen molar-refractivity contribution in [3.8, 4) is 0 Å². The molecule has 1 aromatic carbocycles. The molecule has 0 aliphatic carbocycles. The minimum Gasteiger partial charge on any atom is -0.347 e. The van der Waals surface area contributed by atoms with Gasteiger partial charge in [-0.3, -0.25) is 9.20 Å². The minimum absolute atomic E-state index is 0.173. The van der Waals surface area contributed by atoms with Crippen molar-refractivity contribution in [3.63, 3.8) is 0 Å². The number of piperidine rings is 1. The molecule has 1 aliphatic heterocycles. The number of nitrogens with one attached hydrogen (secondary N) is 1. The van der Waals surface area contributed by atoms with E-state index in [-0.39, 0.29) is 17.3 Å². The van der Waals surface area contributed by atoms with Gasteiger partial charge in [-0.2, -0.15) is 4.31 Å². The summed E-state index contributed by atoms with van der Waals surface area (Å²) in [6, 6.07) is 11.3. The van der Waals surface area contributed by atoms with Crippen LogP contribution in [-0.2, 0) is 21.4 Å². The van der Waals surface area contributed by atoms with E-state index in [9.17, 15) is 13.2 Å². The largest absolute Gasteiger partial charge is 0.347 e. The maximum Gasteiger partial charge on any atom is 0.243 e. The van der Waals surface area contributed by atoms with E-state index in [2.05, 4.69) is 31.4 Å². The predicted octanol–water partition coefficient (Wildman–Crippen LogP) is 2.35. The molecule has 0 radical (unpaired) electrons. The summed E-state index contributed by atoms with van der Waals surface area (Å²) in [6.07, 6.45) is 3.84. The zero-order valence-electron chi connectivity index (χ0n) is 15.5. The second-order valence-corrected chi connectivity index (χ2v) is 9.65. The highest BCUT2D eigenvalue weighted by Gasteiger charge is 2.37. The number of hydrogen-bond acceptors (Lipinski definition) is 5. The van der Waals surface area contributed by atoms with Crippen LogP contribution in [0, 0.1) is 0 Å². The molecule has 0 bridgehead atoms. The van der Waals surface area contributed by atoms with Gasteiger partial charge in [0.25, 0.3) is 0 Å². The highest BCUT2D eigenvalue weighted by molar-refractivity contribution is 9.10. The van der Waals surface area contributed by atoms with Gasteiger partial charge in [0.1, 0.15) is 6.04 Å². The van der Waals surface area contributed by atoms with Gasteiger partial charge in [-0.1, -0.05) is 28.4 Å². The molecular weight excluding hydrogens is 458 g/mol. The Morgan fingerprint density at radius 2 is 1.93 bits per heavy atom. The fourth-order valence-corrected chi connectivity index (χ4v) is 5.41. The summed E-state index contributed by atoms with van der Waals surface area (Å²) in [5.74, 6) is 0.269. The number of halogens is 1. The van der Waals surface area contributed by atoms with E-state index in [0.29, 0.717) is 24.4 Å². The number of sulfonamides is 1. The van der Waals surface area contributed by atoms with Crippen molar-refractivity contribution in [3.05, 3.63) is 59.0 Å². The summed E-state index contributed by atoms with van der Waals surface area (Å²) < 4.78 is 30.2. The Hall–Kier alpha value is -2.30. The predicted molar refractivity (Wildman–Crippen MR) is 111 cm³/mol. The standard InChI is InChI=1S/C19H20BrN5O3S/c20-14-7-9-15(10-8-14)29(27,28)25-12-4-1-5-16(25)19(26)21-13-18-23-22-17-6-2-3-11-24(17)18/h2-3,6-11,16H,1,4-5,12-13H2,(H,21,26)/t16-/m0/s1. The van der Waals surface area contributed by atoms with Crippen molar-refractivity contribution >= 4 is 37.5 Å². The number of hydrogen-bond donors (Lipinski definition) is 1.